The van der Waals surface area contributed by atoms with Gasteiger partial charge < -0.3 is 4.74 Å². The number of hydrogen-bond acceptors (Lipinski definition) is 3. The number of aromatic nitrogens is 3. The van der Waals surface area contributed by atoms with Crippen LogP contribution in [0.25, 0.3) is 10.9 Å². The molecule has 0 amide bonds. The SMILES string of the molecule is Cn1nc(COc2ccc(CCl)nc2)c2ccccc21. The van der Waals surface area contributed by atoms with Crippen LogP contribution in [0.3, 0.4) is 0 Å². The Bertz CT molecular complexity index is 722. The van der Waals surface area contributed by atoms with Crippen molar-refractivity contribution in [2.45, 2.75) is 12.5 Å². The molecule has 2 heterocycles. The van der Waals surface area contributed by atoms with E-state index in [4.69, 9.17) is 16.3 Å². The number of pyridine rings is 1. The van der Waals surface area contributed by atoms with Crippen LogP contribution in [0.15, 0.2) is 42.6 Å². The van der Waals surface area contributed by atoms with E-state index in [0.29, 0.717) is 18.2 Å². The van der Waals surface area contributed by atoms with Crippen LogP contribution < -0.4 is 4.74 Å². The zero-order chi connectivity index (χ0) is 13.9. The second-order valence-corrected chi connectivity index (χ2v) is 4.76. The van der Waals surface area contributed by atoms with Gasteiger partial charge in [-0.1, -0.05) is 18.2 Å². The molecule has 0 N–H and O–H groups in total. The number of halogens is 1. The molecular formula is C15H14ClN3O. The van der Waals surface area contributed by atoms with E-state index in [1.807, 2.05) is 42.1 Å². The van der Waals surface area contributed by atoms with E-state index >= 15 is 0 Å². The highest BCUT2D eigenvalue weighted by Gasteiger charge is 2.08. The van der Waals surface area contributed by atoms with E-state index in [1.54, 1.807) is 6.20 Å². The Hall–Kier alpha value is -2.07. The lowest BCUT2D eigenvalue weighted by molar-refractivity contribution is 0.300. The van der Waals surface area contributed by atoms with Crippen molar-refractivity contribution in [1.29, 1.82) is 0 Å². The van der Waals surface area contributed by atoms with Crippen LogP contribution >= 0.6 is 11.6 Å². The van der Waals surface area contributed by atoms with E-state index in [9.17, 15) is 0 Å². The molecule has 0 radical (unpaired) electrons. The molecule has 102 valence electrons. The van der Waals surface area contributed by atoms with Gasteiger partial charge in [-0.15, -0.1) is 11.6 Å². The molecule has 0 aliphatic rings. The number of rotatable bonds is 4. The van der Waals surface area contributed by atoms with E-state index < -0.39 is 0 Å². The molecule has 0 atom stereocenters. The number of nitrogens with zero attached hydrogens (tertiary/aromatic N) is 3. The van der Waals surface area contributed by atoms with Gasteiger partial charge in [-0.3, -0.25) is 9.67 Å². The van der Waals surface area contributed by atoms with Crippen LogP contribution in [0, 0.1) is 0 Å². The molecule has 0 aliphatic heterocycles. The molecule has 0 spiro atoms. The number of ether oxygens (including phenoxy) is 1. The molecule has 0 saturated heterocycles. The number of benzene rings is 1. The van der Waals surface area contributed by atoms with Crippen molar-refractivity contribution in [2.75, 3.05) is 0 Å². The summed E-state index contributed by atoms with van der Waals surface area (Å²) < 4.78 is 7.60. The number of para-hydroxylation sites is 1. The van der Waals surface area contributed by atoms with Crippen LogP contribution in [0.1, 0.15) is 11.4 Å². The fourth-order valence-corrected chi connectivity index (χ4v) is 2.28. The van der Waals surface area contributed by atoms with Gasteiger partial charge in [0.2, 0.25) is 0 Å². The maximum Gasteiger partial charge on any atom is 0.138 e. The second-order valence-electron chi connectivity index (χ2n) is 4.49. The highest BCUT2D eigenvalue weighted by Crippen LogP contribution is 2.19. The molecule has 4 nitrogen and oxygen atoms in total. The van der Waals surface area contributed by atoms with Crippen molar-refractivity contribution in [3.63, 3.8) is 0 Å². The van der Waals surface area contributed by atoms with E-state index in [2.05, 4.69) is 16.1 Å². The molecule has 0 aliphatic carbocycles. The Labute approximate surface area is 122 Å². The van der Waals surface area contributed by atoms with Crippen molar-refractivity contribution < 1.29 is 4.74 Å². The van der Waals surface area contributed by atoms with Crippen molar-refractivity contribution in [3.05, 3.63) is 54.0 Å². The van der Waals surface area contributed by atoms with Gasteiger partial charge in [-0.05, 0) is 18.2 Å². The van der Waals surface area contributed by atoms with Gasteiger partial charge in [0.15, 0.2) is 0 Å². The van der Waals surface area contributed by atoms with Crippen molar-refractivity contribution >= 4 is 22.5 Å². The van der Waals surface area contributed by atoms with Gasteiger partial charge >= 0.3 is 0 Å². The summed E-state index contributed by atoms with van der Waals surface area (Å²) in [7, 11) is 1.93. The number of alkyl halides is 1. The lowest BCUT2D eigenvalue weighted by Crippen LogP contribution is -1.99. The molecule has 0 bridgehead atoms. The second kappa shape index (κ2) is 5.51. The van der Waals surface area contributed by atoms with Crippen LogP contribution in [-0.2, 0) is 19.5 Å². The van der Waals surface area contributed by atoms with Crippen molar-refractivity contribution in [3.8, 4) is 5.75 Å². The minimum Gasteiger partial charge on any atom is -0.486 e. The van der Waals surface area contributed by atoms with E-state index in [-0.39, 0.29) is 0 Å². The summed E-state index contributed by atoms with van der Waals surface area (Å²) in [4.78, 5) is 4.19. The lowest BCUT2D eigenvalue weighted by atomic mass is 10.2. The number of hydrogen-bond donors (Lipinski definition) is 0. The monoisotopic (exact) mass is 287 g/mol. The third-order valence-corrected chi connectivity index (χ3v) is 3.42. The third-order valence-electron chi connectivity index (χ3n) is 3.14. The van der Waals surface area contributed by atoms with E-state index in [1.165, 1.54) is 0 Å². The molecule has 2 aromatic heterocycles. The Morgan fingerprint density at radius 2 is 2.05 bits per heavy atom. The molecule has 0 fully saturated rings. The molecule has 20 heavy (non-hydrogen) atoms. The Morgan fingerprint density at radius 1 is 1.20 bits per heavy atom. The lowest BCUT2D eigenvalue weighted by Gasteiger charge is -2.04. The fourth-order valence-electron chi connectivity index (χ4n) is 2.12. The average molecular weight is 288 g/mol. The highest BCUT2D eigenvalue weighted by atomic mass is 35.5. The topological polar surface area (TPSA) is 39.9 Å². The standard InChI is InChI=1S/C15H14ClN3O/c1-19-15-5-3-2-4-13(15)14(18-19)10-20-12-7-6-11(8-16)17-9-12/h2-7,9H,8,10H2,1H3. The van der Waals surface area contributed by atoms with Gasteiger partial charge in [0.1, 0.15) is 18.1 Å². The largest absolute Gasteiger partial charge is 0.486 e. The Morgan fingerprint density at radius 3 is 2.80 bits per heavy atom. The van der Waals surface area contributed by atoms with Gasteiger partial charge in [-0.25, -0.2) is 0 Å². The Balaban J connectivity index is 1.79. The molecule has 3 aromatic rings. The first-order chi connectivity index (χ1) is 9.78. The van der Waals surface area contributed by atoms with Gasteiger partial charge in [-0.2, -0.15) is 5.10 Å². The van der Waals surface area contributed by atoms with Crippen LogP contribution in [-0.4, -0.2) is 14.8 Å². The van der Waals surface area contributed by atoms with Gasteiger partial charge in [0.05, 0.1) is 23.3 Å². The molecule has 5 heteroatoms. The summed E-state index contributed by atoms with van der Waals surface area (Å²) >= 11 is 5.70. The van der Waals surface area contributed by atoms with Gasteiger partial charge in [0, 0.05) is 12.4 Å². The minimum atomic E-state index is 0.408. The minimum absolute atomic E-state index is 0.408. The first-order valence-corrected chi connectivity index (χ1v) is 6.85. The first kappa shape index (κ1) is 12.9. The normalized spacial score (nSPS) is 10.9. The smallest absolute Gasteiger partial charge is 0.138 e. The van der Waals surface area contributed by atoms with Crippen LogP contribution in [0.2, 0.25) is 0 Å². The zero-order valence-electron chi connectivity index (χ0n) is 11.1. The van der Waals surface area contributed by atoms with Crippen molar-refractivity contribution in [1.82, 2.24) is 14.8 Å². The molecule has 0 saturated carbocycles. The summed E-state index contributed by atoms with van der Waals surface area (Å²) in [5.41, 5.74) is 2.86. The summed E-state index contributed by atoms with van der Waals surface area (Å²) in [5.74, 6) is 1.12. The summed E-state index contributed by atoms with van der Waals surface area (Å²) in [6.45, 7) is 0.420. The van der Waals surface area contributed by atoms with Gasteiger partial charge in [0.25, 0.3) is 0 Å². The maximum absolute atomic E-state index is 5.73. The molecular weight excluding hydrogens is 274 g/mol. The number of fused-ring (bicyclic) bond motifs is 1. The zero-order valence-corrected chi connectivity index (χ0v) is 11.8. The average Bonchev–Trinajstić information content (AvgIpc) is 2.83. The Kier molecular flexibility index (Phi) is 3.56. The number of aryl methyl sites for hydroxylation is 1. The summed E-state index contributed by atoms with van der Waals surface area (Å²) in [6.07, 6.45) is 1.68. The van der Waals surface area contributed by atoms with Crippen molar-refractivity contribution in [2.24, 2.45) is 7.05 Å². The van der Waals surface area contributed by atoms with Crippen LogP contribution in [0.4, 0.5) is 0 Å². The highest BCUT2D eigenvalue weighted by molar-refractivity contribution is 6.16. The summed E-state index contributed by atoms with van der Waals surface area (Å²) in [6, 6.07) is 11.8. The third kappa shape index (κ3) is 2.47. The maximum atomic E-state index is 5.73. The van der Waals surface area contributed by atoms with Crippen LogP contribution in [0.5, 0.6) is 5.75 Å². The molecule has 3 rings (SSSR count). The quantitative estimate of drug-likeness (QED) is 0.691. The molecule has 0 unspecified atom stereocenters. The fraction of sp³-hybridized carbons (Fsp3) is 0.200. The predicted molar refractivity (Wildman–Crippen MR) is 78.8 cm³/mol. The summed E-state index contributed by atoms with van der Waals surface area (Å²) in [5, 5.41) is 5.60. The molecule has 1 aromatic carbocycles. The van der Waals surface area contributed by atoms with E-state index in [0.717, 1.165) is 22.3 Å². The first-order valence-electron chi connectivity index (χ1n) is 6.32. The predicted octanol–water partition coefficient (Wildman–Crippen LogP) is 3.29.